The molecule has 1 aromatic carbocycles. The Hall–Kier alpha value is -1.35. The van der Waals surface area contributed by atoms with Crippen LogP contribution in [0.4, 0.5) is 0 Å². The van der Waals surface area contributed by atoms with Crippen LogP contribution in [0.2, 0.25) is 0 Å². The minimum atomic E-state index is -0.285. The number of ketones is 1. The molecule has 0 amide bonds. The van der Waals surface area contributed by atoms with Gasteiger partial charge in [-0.15, -0.1) is 0 Å². The van der Waals surface area contributed by atoms with Gasteiger partial charge in [-0.2, -0.15) is 0 Å². The maximum atomic E-state index is 12.2. The molecular weight excluding hydrogens is 216 g/mol. The molecule has 2 rings (SSSR count). The van der Waals surface area contributed by atoms with E-state index in [4.69, 9.17) is 9.47 Å². The lowest BCUT2D eigenvalue weighted by Gasteiger charge is -2.13. The molecule has 1 aliphatic rings. The summed E-state index contributed by atoms with van der Waals surface area (Å²) in [5, 5.41) is 0. The van der Waals surface area contributed by atoms with Gasteiger partial charge in [-0.25, -0.2) is 0 Å². The predicted molar refractivity (Wildman–Crippen MR) is 65.5 cm³/mol. The zero-order valence-electron chi connectivity index (χ0n) is 10.3. The molecule has 0 saturated carbocycles. The van der Waals surface area contributed by atoms with Crippen LogP contribution >= 0.6 is 0 Å². The maximum Gasteiger partial charge on any atom is 0.191 e. The molecule has 1 aromatic rings. The van der Waals surface area contributed by atoms with E-state index in [0.717, 1.165) is 12.2 Å². The number of carbonyl (C=O) groups excluding carboxylic acids is 1. The number of rotatable bonds is 4. The second kappa shape index (κ2) is 5.32. The van der Waals surface area contributed by atoms with Crippen molar-refractivity contribution < 1.29 is 14.3 Å². The number of carbonyl (C=O) groups is 1. The van der Waals surface area contributed by atoms with Crippen molar-refractivity contribution in [1.29, 1.82) is 0 Å². The monoisotopic (exact) mass is 234 g/mol. The standard InChI is InChI=1S/C14H18O3/c1-3-16-12-6-4-5-11(9-12)13(15)14-10(2)7-8-17-14/h4-6,9-10,14H,3,7-8H2,1-2H3. The van der Waals surface area contributed by atoms with Gasteiger partial charge in [0.05, 0.1) is 6.61 Å². The van der Waals surface area contributed by atoms with Crippen LogP contribution in [0.15, 0.2) is 24.3 Å². The molecule has 1 saturated heterocycles. The minimum absolute atomic E-state index is 0.0663. The van der Waals surface area contributed by atoms with Gasteiger partial charge in [0.15, 0.2) is 5.78 Å². The Morgan fingerprint density at radius 3 is 3.00 bits per heavy atom. The number of Topliss-reactive ketones (excluding diaryl/α,β-unsaturated/α-hetero) is 1. The second-order valence-electron chi connectivity index (χ2n) is 4.38. The Balaban J connectivity index is 2.15. The average molecular weight is 234 g/mol. The Labute approximate surface area is 102 Å². The summed E-state index contributed by atoms with van der Waals surface area (Å²) in [7, 11) is 0. The number of ether oxygens (including phenoxy) is 2. The highest BCUT2D eigenvalue weighted by atomic mass is 16.5. The molecule has 0 N–H and O–H groups in total. The first-order valence-corrected chi connectivity index (χ1v) is 6.11. The Bertz CT molecular complexity index is 400. The minimum Gasteiger partial charge on any atom is -0.494 e. The van der Waals surface area contributed by atoms with Crippen LogP contribution in [0, 0.1) is 5.92 Å². The summed E-state index contributed by atoms with van der Waals surface area (Å²) in [5.74, 6) is 1.11. The van der Waals surface area contributed by atoms with Crippen LogP contribution in [-0.4, -0.2) is 25.1 Å². The normalized spacial score (nSPS) is 23.6. The van der Waals surface area contributed by atoms with Gasteiger partial charge in [-0.3, -0.25) is 4.79 Å². The molecule has 1 fully saturated rings. The van der Waals surface area contributed by atoms with Crippen molar-refractivity contribution in [2.75, 3.05) is 13.2 Å². The van der Waals surface area contributed by atoms with Crippen LogP contribution < -0.4 is 4.74 Å². The molecule has 1 aliphatic heterocycles. The Kier molecular flexibility index (Phi) is 3.79. The lowest BCUT2D eigenvalue weighted by Crippen LogP contribution is -2.25. The van der Waals surface area contributed by atoms with Crippen LogP contribution in [0.1, 0.15) is 30.6 Å². The quantitative estimate of drug-likeness (QED) is 0.751. The van der Waals surface area contributed by atoms with Crippen LogP contribution in [0.25, 0.3) is 0 Å². The van der Waals surface area contributed by atoms with E-state index in [1.54, 1.807) is 6.07 Å². The summed E-state index contributed by atoms with van der Waals surface area (Å²) in [6.45, 7) is 5.27. The number of benzene rings is 1. The molecule has 0 bridgehead atoms. The van der Waals surface area contributed by atoms with E-state index in [0.29, 0.717) is 24.7 Å². The Morgan fingerprint density at radius 1 is 1.53 bits per heavy atom. The molecule has 17 heavy (non-hydrogen) atoms. The van der Waals surface area contributed by atoms with Crippen molar-refractivity contribution >= 4 is 5.78 Å². The van der Waals surface area contributed by atoms with E-state index in [2.05, 4.69) is 6.92 Å². The highest BCUT2D eigenvalue weighted by Gasteiger charge is 2.31. The van der Waals surface area contributed by atoms with E-state index in [9.17, 15) is 4.79 Å². The SMILES string of the molecule is CCOc1cccc(C(=O)C2OCCC2C)c1. The molecule has 1 heterocycles. The fraction of sp³-hybridized carbons (Fsp3) is 0.500. The van der Waals surface area contributed by atoms with Crippen molar-refractivity contribution in [2.24, 2.45) is 5.92 Å². The first-order valence-electron chi connectivity index (χ1n) is 6.11. The highest BCUT2D eigenvalue weighted by molar-refractivity contribution is 6.00. The third kappa shape index (κ3) is 2.67. The van der Waals surface area contributed by atoms with Crippen molar-refractivity contribution in [2.45, 2.75) is 26.4 Å². The van der Waals surface area contributed by atoms with Gasteiger partial charge in [-0.05, 0) is 31.4 Å². The van der Waals surface area contributed by atoms with E-state index in [1.165, 1.54) is 0 Å². The third-order valence-corrected chi connectivity index (χ3v) is 3.08. The van der Waals surface area contributed by atoms with Crippen molar-refractivity contribution in [1.82, 2.24) is 0 Å². The van der Waals surface area contributed by atoms with Gasteiger partial charge in [0.2, 0.25) is 0 Å². The largest absolute Gasteiger partial charge is 0.494 e. The van der Waals surface area contributed by atoms with Crippen LogP contribution in [0.3, 0.4) is 0 Å². The number of hydrogen-bond acceptors (Lipinski definition) is 3. The smallest absolute Gasteiger partial charge is 0.191 e. The fourth-order valence-corrected chi connectivity index (χ4v) is 2.10. The lowest BCUT2D eigenvalue weighted by molar-refractivity contribution is 0.0579. The van der Waals surface area contributed by atoms with Crippen LogP contribution in [-0.2, 0) is 4.74 Å². The first-order chi connectivity index (χ1) is 8.22. The van der Waals surface area contributed by atoms with Gasteiger partial charge in [0.1, 0.15) is 11.9 Å². The molecule has 92 valence electrons. The van der Waals surface area contributed by atoms with Gasteiger partial charge in [-0.1, -0.05) is 19.1 Å². The molecule has 0 aliphatic carbocycles. The van der Waals surface area contributed by atoms with Gasteiger partial charge in [0, 0.05) is 12.2 Å². The van der Waals surface area contributed by atoms with E-state index >= 15 is 0 Å². The van der Waals surface area contributed by atoms with E-state index < -0.39 is 0 Å². The summed E-state index contributed by atoms with van der Waals surface area (Å²) in [5.41, 5.74) is 0.676. The topological polar surface area (TPSA) is 35.5 Å². The summed E-state index contributed by atoms with van der Waals surface area (Å²) in [6.07, 6.45) is 0.675. The summed E-state index contributed by atoms with van der Waals surface area (Å²) in [6, 6.07) is 7.32. The first kappa shape index (κ1) is 12.1. The summed E-state index contributed by atoms with van der Waals surface area (Å²) >= 11 is 0. The maximum absolute atomic E-state index is 12.2. The third-order valence-electron chi connectivity index (χ3n) is 3.08. The molecule has 0 spiro atoms. The average Bonchev–Trinajstić information content (AvgIpc) is 2.75. The van der Waals surface area contributed by atoms with E-state index in [-0.39, 0.29) is 11.9 Å². The molecule has 0 radical (unpaired) electrons. The molecule has 0 aromatic heterocycles. The summed E-state index contributed by atoms with van der Waals surface area (Å²) in [4.78, 5) is 12.2. The lowest BCUT2D eigenvalue weighted by atomic mass is 9.96. The van der Waals surface area contributed by atoms with Crippen LogP contribution in [0.5, 0.6) is 5.75 Å². The highest BCUT2D eigenvalue weighted by Crippen LogP contribution is 2.24. The predicted octanol–water partition coefficient (Wildman–Crippen LogP) is 2.69. The zero-order chi connectivity index (χ0) is 12.3. The summed E-state index contributed by atoms with van der Waals surface area (Å²) < 4.78 is 10.9. The second-order valence-corrected chi connectivity index (χ2v) is 4.38. The Morgan fingerprint density at radius 2 is 2.35 bits per heavy atom. The fourth-order valence-electron chi connectivity index (χ4n) is 2.10. The van der Waals surface area contributed by atoms with Crippen molar-refractivity contribution in [3.63, 3.8) is 0 Å². The zero-order valence-corrected chi connectivity index (χ0v) is 10.3. The number of hydrogen-bond donors (Lipinski definition) is 0. The van der Waals surface area contributed by atoms with E-state index in [1.807, 2.05) is 25.1 Å². The van der Waals surface area contributed by atoms with Gasteiger partial charge >= 0.3 is 0 Å². The molecule has 2 unspecified atom stereocenters. The molecular formula is C14H18O3. The van der Waals surface area contributed by atoms with Gasteiger partial charge < -0.3 is 9.47 Å². The molecule has 3 nitrogen and oxygen atoms in total. The van der Waals surface area contributed by atoms with Gasteiger partial charge in [0.25, 0.3) is 0 Å². The van der Waals surface area contributed by atoms with Crippen molar-refractivity contribution in [3.05, 3.63) is 29.8 Å². The molecule has 3 heteroatoms. The molecule has 2 atom stereocenters. The van der Waals surface area contributed by atoms with Crippen molar-refractivity contribution in [3.8, 4) is 5.75 Å².